The van der Waals surface area contributed by atoms with Gasteiger partial charge in [-0.3, -0.25) is 4.90 Å². The molecule has 0 bridgehead atoms. The van der Waals surface area contributed by atoms with Gasteiger partial charge in [-0.05, 0) is 12.6 Å². The molecular weight excluding hydrogens is 224 g/mol. The van der Waals surface area contributed by atoms with Crippen molar-refractivity contribution in [2.75, 3.05) is 13.6 Å². The molecule has 0 spiro atoms. The second-order valence-electron chi connectivity index (χ2n) is 4.84. The van der Waals surface area contributed by atoms with Gasteiger partial charge < -0.3 is 10.7 Å². The molecule has 3 N–H and O–H groups in total. The fraction of sp³-hybridized carbons (Fsp3) is 0.357. The molecule has 2 unspecified atom stereocenters. The molecule has 18 heavy (non-hydrogen) atoms. The summed E-state index contributed by atoms with van der Waals surface area (Å²) in [6.07, 6.45) is 2.74. The Hall–Kier alpha value is -1.65. The SMILES string of the molecule is CN1C(CN)Cc2[nH]cnc2C1c1ccccc1. The van der Waals surface area contributed by atoms with Crippen molar-refractivity contribution in [1.29, 1.82) is 0 Å². The van der Waals surface area contributed by atoms with E-state index in [4.69, 9.17) is 5.73 Å². The van der Waals surface area contributed by atoms with Crippen molar-refractivity contribution in [2.45, 2.75) is 18.5 Å². The zero-order valence-corrected chi connectivity index (χ0v) is 10.5. The van der Waals surface area contributed by atoms with E-state index in [1.165, 1.54) is 11.3 Å². The summed E-state index contributed by atoms with van der Waals surface area (Å²) >= 11 is 0. The molecule has 94 valence electrons. The minimum Gasteiger partial charge on any atom is -0.348 e. The van der Waals surface area contributed by atoms with Gasteiger partial charge in [-0.2, -0.15) is 0 Å². The highest BCUT2D eigenvalue weighted by atomic mass is 15.2. The first kappa shape index (κ1) is 11.4. The average Bonchev–Trinajstić information content (AvgIpc) is 2.86. The summed E-state index contributed by atoms with van der Waals surface area (Å²) in [4.78, 5) is 10.1. The largest absolute Gasteiger partial charge is 0.348 e. The second-order valence-corrected chi connectivity index (χ2v) is 4.84. The van der Waals surface area contributed by atoms with Crippen molar-refractivity contribution in [3.63, 3.8) is 0 Å². The molecular formula is C14H18N4. The van der Waals surface area contributed by atoms with Crippen LogP contribution in [0.1, 0.15) is 23.0 Å². The summed E-state index contributed by atoms with van der Waals surface area (Å²) in [7, 11) is 2.13. The zero-order chi connectivity index (χ0) is 12.5. The van der Waals surface area contributed by atoms with Crippen LogP contribution in [-0.2, 0) is 6.42 Å². The molecule has 4 heteroatoms. The summed E-state index contributed by atoms with van der Waals surface area (Å²) in [5.74, 6) is 0. The Labute approximate surface area is 107 Å². The fourth-order valence-corrected chi connectivity index (χ4v) is 2.79. The molecule has 0 amide bonds. The van der Waals surface area contributed by atoms with Crippen LogP contribution in [-0.4, -0.2) is 34.5 Å². The predicted molar refractivity (Wildman–Crippen MR) is 71.2 cm³/mol. The van der Waals surface area contributed by atoms with E-state index in [2.05, 4.69) is 46.2 Å². The lowest BCUT2D eigenvalue weighted by Crippen LogP contribution is -2.45. The van der Waals surface area contributed by atoms with Gasteiger partial charge in [0.05, 0.1) is 18.1 Å². The van der Waals surface area contributed by atoms with Gasteiger partial charge in [0, 0.05) is 24.7 Å². The monoisotopic (exact) mass is 242 g/mol. The molecule has 3 rings (SSSR count). The predicted octanol–water partition coefficient (Wildman–Crippen LogP) is 1.31. The summed E-state index contributed by atoms with van der Waals surface area (Å²) < 4.78 is 0. The quantitative estimate of drug-likeness (QED) is 0.835. The van der Waals surface area contributed by atoms with Crippen molar-refractivity contribution in [3.05, 3.63) is 53.6 Å². The Morgan fingerprint density at radius 1 is 1.39 bits per heavy atom. The maximum atomic E-state index is 5.88. The summed E-state index contributed by atoms with van der Waals surface area (Å²) in [5, 5.41) is 0. The van der Waals surface area contributed by atoms with Crippen molar-refractivity contribution < 1.29 is 0 Å². The maximum Gasteiger partial charge on any atom is 0.0926 e. The number of imidazole rings is 1. The van der Waals surface area contributed by atoms with Crippen LogP contribution in [0.2, 0.25) is 0 Å². The lowest BCUT2D eigenvalue weighted by atomic mass is 9.92. The van der Waals surface area contributed by atoms with E-state index in [0.717, 1.165) is 12.1 Å². The minimum atomic E-state index is 0.203. The van der Waals surface area contributed by atoms with E-state index in [9.17, 15) is 0 Å². The van der Waals surface area contributed by atoms with Gasteiger partial charge >= 0.3 is 0 Å². The van der Waals surface area contributed by atoms with E-state index in [1.807, 2.05) is 6.07 Å². The molecule has 2 atom stereocenters. The number of nitrogens with two attached hydrogens (primary N) is 1. The number of nitrogens with zero attached hydrogens (tertiary/aromatic N) is 2. The molecule has 0 radical (unpaired) electrons. The van der Waals surface area contributed by atoms with E-state index >= 15 is 0 Å². The number of H-pyrrole nitrogens is 1. The lowest BCUT2D eigenvalue weighted by molar-refractivity contribution is 0.180. The number of nitrogens with one attached hydrogen (secondary N) is 1. The zero-order valence-electron chi connectivity index (χ0n) is 10.5. The van der Waals surface area contributed by atoms with Crippen LogP contribution >= 0.6 is 0 Å². The second kappa shape index (κ2) is 4.55. The van der Waals surface area contributed by atoms with Crippen LogP contribution in [0, 0.1) is 0 Å². The van der Waals surface area contributed by atoms with Crippen LogP contribution in [0.5, 0.6) is 0 Å². The van der Waals surface area contributed by atoms with Crippen LogP contribution in [0.25, 0.3) is 0 Å². The third-order valence-corrected chi connectivity index (χ3v) is 3.82. The molecule has 1 aliphatic heterocycles. The Balaban J connectivity index is 2.07. The molecule has 1 aromatic carbocycles. The third kappa shape index (κ3) is 1.74. The van der Waals surface area contributed by atoms with E-state index < -0.39 is 0 Å². The number of aromatic nitrogens is 2. The molecule has 0 saturated carbocycles. The molecule has 2 heterocycles. The molecule has 1 aliphatic rings. The normalized spacial score (nSPS) is 23.9. The van der Waals surface area contributed by atoms with Crippen molar-refractivity contribution in [3.8, 4) is 0 Å². The minimum absolute atomic E-state index is 0.203. The highest BCUT2D eigenvalue weighted by Gasteiger charge is 2.33. The van der Waals surface area contributed by atoms with Crippen molar-refractivity contribution in [2.24, 2.45) is 5.73 Å². The van der Waals surface area contributed by atoms with Crippen LogP contribution < -0.4 is 5.73 Å². The molecule has 0 aliphatic carbocycles. The van der Waals surface area contributed by atoms with Crippen LogP contribution in [0.3, 0.4) is 0 Å². The van der Waals surface area contributed by atoms with Gasteiger partial charge in [0.15, 0.2) is 0 Å². The van der Waals surface area contributed by atoms with Gasteiger partial charge in [-0.25, -0.2) is 4.98 Å². The molecule has 0 fully saturated rings. The smallest absolute Gasteiger partial charge is 0.0926 e. The van der Waals surface area contributed by atoms with E-state index in [-0.39, 0.29) is 6.04 Å². The number of benzene rings is 1. The number of aromatic amines is 1. The number of hydrogen-bond donors (Lipinski definition) is 2. The number of rotatable bonds is 2. The Bertz CT molecular complexity index is 520. The summed E-state index contributed by atoms with van der Waals surface area (Å²) in [5.41, 5.74) is 9.51. The fourth-order valence-electron chi connectivity index (χ4n) is 2.79. The summed E-state index contributed by atoms with van der Waals surface area (Å²) in [6, 6.07) is 11.1. The van der Waals surface area contributed by atoms with Crippen LogP contribution in [0.4, 0.5) is 0 Å². The first-order valence-electron chi connectivity index (χ1n) is 6.30. The van der Waals surface area contributed by atoms with Gasteiger partial charge in [-0.1, -0.05) is 30.3 Å². The van der Waals surface area contributed by atoms with Crippen LogP contribution in [0.15, 0.2) is 36.7 Å². The van der Waals surface area contributed by atoms with Gasteiger partial charge in [0.1, 0.15) is 0 Å². The number of likely N-dealkylation sites (N-methyl/N-ethyl adjacent to an activating group) is 1. The topological polar surface area (TPSA) is 57.9 Å². The van der Waals surface area contributed by atoms with Crippen molar-refractivity contribution in [1.82, 2.24) is 14.9 Å². The standard InChI is InChI=1S/C14H18N4/c1-18-11(8-15)7-12-13(17-9-16-12)14(18)10-5-3-2-4-6-10/h2-6,9,11,14H,7-8,15H2,1H3,(H,16,17). The molecule has 0 saturated heterocycles. The van der Waals surface area contributed by atoms with E-state index in [1.54, 1.807) is 6.33 Å². The highest BCUT2D eigenvalue weighted by Crippen LogP contribution is 2.34. The first-order valence-corrected chi connectivity index (χ1v) is 6.30. The average molecular weight is 242 g/mol. The van der Waals surface area contributed by atoms with Gasteiger partial charge in [0.2, 0.25) is 0 Å². The maximum absolute atomic E-state index is 5.88. The number of fused-ring (bicyclic) bond motifs is 1. The Morgan fingerprint density at radius 3 is 2.89 bits per heavy atom. The molecule has 4 nitrogen and oxygen atoms in total. The highest BCUT2D eigenvalue weighted by molar-refractivity contribution is 5.33. The Kier molecular flexibility index (Phi) is 2.89. The van der Waals surface area contributed by atoms with E-state index in [0.29, 0.717) is 12.6 Å². The third-order valence-electron chi connectivity index (χ3n) is 3.82. The van der Waals surface area contributed by atoms with Gasteiger partial charge in [0.25, 0.3) is 0 Å². The lowest BCUT2D eigenvalue weighted by Gasteiger charge is -2.38. The Morgan fingerprint density at radius 2 is 2.17 bits per heavy atom. The summed E-state index contributed by atoms with van der Waals surface area (Å²) in [6.45, 7) is 0.665. The van der Waals surface area contributed by atoms with Gasteiger partial charge in [-0.15, -0.1) is 0 Å². The number of hydrogen-bond acceptors (Lipinski definition) is 3. The molecule has 1 aromatic heterocycles. The van der Waals surface area contributed by atoms with Crippen molar-refractivity contribution >= 4 is 0 Å². The first-order chi connectivity index (χ1) is 8.81. The molecule has 2 aromatic rings.